The van der Waals surface area contributed by atoms with Crippen molar-refractivity contribution in [1.82, 2.24) is 14.4 Å². The fourth-order valence-electron chi connectivity index (χ4n) is 3.70. The van der Waals surface area contributed by atoms with Crippen molar-refractivity contribution in [2.45, 2.75) is 82.3 Å². The van der Waals surface area contributed by atoms with Crippen LogP contribution in [0.3, 0.4) is 0 Å². The Morgan fingerprint density at radius 2 is 1.91 bits per heavy atom. The minimum Gasteiger partial charge on any atom is -0.388 e. The Labute approximate surface area is 203 Å². The van der Waals surface area contributed by atoms with Crippen LogP contribution < -0.4 is 5.56 Å². The summed E-state index contributed by atoms with van der Waals surface area (Å²) in [5.41, 5.74) is -2.74. The summed E-state index contributed by atoms with van der Waals surface area (Å²) in [4.78, 5) is 27.7. The summed E-state index contributed by atoms with van der Waals surface area (Å²) < 4.78 is 52.4. The first kappa shape index (κ1) is 27.9. The normalized spacial score (nSPS) is 27.9. The number of nitrogens with one attached hydrogen (secondary N) is 1. The summed E-state index contributed by atoms with van der Waals surface area (Å²) in [6, 6.07) is 0. The molecule has 7 atom stereocenters. The van der Waals surface area contributed by atoms with Gasteiger partial charge in [0.2, 0.25) is 17.5 Å². The summed E-state index contributed by atoms with van der Waals surface area (Å²) in [5.74, 6) is -3.59. The van der Waals surface area contributed by atoms with Gasteiger partial charge in [-0.25, -0.2) is 4.98 Å². The molecule has 1 fully saturated rings. The second kappa shape index (κ2) is 9.67. The lowest BCUT2D eigenvalue weighted by atomic mass is 9.92. The van der Waals surface area contributed by atoms with Crippen LogP contribution in [-0.2, 0) is 13.8 Å². The van der Waals surface area contributed by atoms with Gasteiger partial charge in [0.1, 0.15) is 23.0 Å². The molecule has 2 aromatic rings. The van der Waals surface area contributed by atoms with Gasteiger partial charge in [-0.15, -0.1) is 0 Å². The number of aliphatic hydroxyl groups excluding tert-OH is 2. The Balaban J connectivity index is 1.93. The molecule has 1 saturated heterocycles. The first-order chi connectivity index (χ1) is 16.1. The molecule has 5 N–H and O–H groups in total. The van der Waals surface area contributed by atoms with E-state index in [-0.39, 0.29) is 35.2 Å². The van der Waals surface area contributed by atoms with Crippen molar-refractivity contribution in [3.05, 3.63) is 38.5 Å². The molecule has 0 saturated carbocycles. The summed E-state index contributed by atoms with van der Waals surface area (Å²) in [7, 11) is -4.53. The second-order valence-corrected chi connectivity index (χ2v) is 11.6. The molecule has 1 aliphatic rings. The molecule has 35 heavy (non-hydrogen) atoms. The molecule has 0 spiro atoms. The molecule has 0 bridgehead atoms. The quantitative estimate of drug-likeness (QED) is 0.190. The lowest BCUT2D eigenvalue weighted by molar-refractivity contribution is -0.0532. The molecule has 3 heterocycles. The number of hydrogen-bond acceptors (Lipinski definition) is 9. The Hall–Kier alpha value is -1.64. The Morgan fingerprint density at radius 1 is 1.29 bits per heavy atom. The van der Waals surface area contributed by atoms with Gasteiger partial charge >= 0.3 is 7.60 Å². The lowest BCUT2D eigenvalue weighted by Gasteiger charge is -2.37. The summed E-state index contributed by atoms with van der Waals surface area (Å²) in [6.07, 6.45) is -4.56. The highest BCUT2D eigenvalue weighted by atomic mass is 32.1. The van der Waals surface area contributed by atoms with Crippen LogP contribution in [0.5, 0.6) is 0 Å². The molecule has 15 heteroatoms. The molecule has 2 aromatic heterocycles. The zero-order valence-corrected chi connectivity index (χ0v) is 21.1. The van der Waals surface area contributed by atoms with Gasteiger partial charge in [0, 0.05) is 18.2 Å². The zero-order chi connectivity index (χ0) is 26.5. The summed E-state index contributed by atoms with van der Waals surface area (Å²) in [6.45, 7) is 5.86. The highest BCUT2D eigenvalue weighted by Crippen LogP contribution is 2.59. The summed E-state index contributed by atoms with van der Waals surface area (Å²) in [5, 5.41) is 29.5. The van der Waals surface area contributed by atoms with E-state index in [1.165, 1.54) is 20.8 Å². The molecular weight excluding hydrogens is 511 g/mol. The van der Waals surface area contributed by atoms with E-state index in [1.54, 1.807) is 6.92 Å². The van der Waals surface area contributed by atoms with E-state index >= 15 is 0 Å². The molecule has 196 valence electrons. The first-order valence-corrected chi connectivity index (χ1v) is 12.8. The van der Waals surface area contributed by atoms with Crippen LogP contribution in [0.15, 0.2) is 11.0 Å². The standard InChI is InChI=1S/C20H28F2N3O8PS/c1-5-19(3,33-34(30,31)20(4,29)6-2)7-10-12(26)13(27)14(32-10)9-8-25-15(22)11(21)16(28)23-18(25)24-17(9)35/h8,10,12-14,26-27,29H,5-7H2,1-4H3,(H,30,31)(H,23,24,28,35)/t10-,12?,13+,14+,19?,20?/m1/s1. The Kier molecular flexibility index (Phi) is 7.72. The van der Waals surface area contributed by atoms with Crippen LogP contribution in [0.25, 0.3) is 5.78 Å². The monoisotopic (exact) mass is 539 g/mol. The number of ether oxygens (including phenoxy) is 1. The van der Waals surface area contributed by atoms with Gasteiger partial charge in [0.25, 0.3) is 5.56 Å². The fourth-order valence-corrected chi connectivity index (χ4v) is 5.35. The largest absolute Gasteiger partial charge is 0.388 e. The summed E-state index contributed by atoms with van der Waals surface area (Å²) >= 11 is 5.17. The van der Waals surface area contributed by atoms with Gasteiger partial charge in [-0.3, -0.25) is 18.7 Å². The average Bonchev–Trinajstić information content (AvgIpc) is 3.04. The van der Waals surface area contributed by atoms with Crippen molar-refractivity contribution in [2.24, 2.45) is 0 Å². The van der Waals surface area contributed by atoms with Crippen molar-refractivity contribution in [3.8, 4) is 0 Å². The van der Waals surface area contributed by atoms with Gasteiger partial charge in [-0.05, 0) is 26.7 Å². The van der Waals surface area contributed by atoms with Crippen molar-refractivity contribution >= 4 is 25.6 Å². The number of halogens is 2. The number of rotatable bonds is 8. The number of aromatic nitrogens is 3. The number of H-pyrrole nitrogens is 1. The minimum atomic E-state index is -4.53. The van der Waals surface area contributed by atoms with Gasteiger partial charge in [-0.2, -0.15) is 8.78 Å². The van der Waals surface area contributed by atoms with Gasteiger partial charge < -0.3 is 29.5 Å². The van der Waals surface area contributed by atoms with Crippen LogP contribution in [0.4, 0.5) is 8.78 Å². The molecule has 0 aromatic carbocycles. The molecular formula is C20H28F2N3O8PS. The third-order valence-corrected chi connectivity index (χ3v) is 8.99. The third kappa shape index (κ3) is 5.12. The maximum Gasteiger partial charge on any atom is 0.359 e. The van der Waals surface area contributed by atoms with Gasteiger partial charge in [-0.1, -0.05) is 26.1 Å². The maximum atomic E-state index is 14.3. The number of fused-ring (bicyclic) bond motifs is 1. The molecule has 3 rings (SSSR count). The molecule has 4 unspecified atom stereocenters. The highest BCUT2D eigenvalue weighted by molar-refractivity contribution is 7.71. The number of nitrogens with zero attached hydrogens (tertiary/aromatic N) is 2. The Bertz CT molecular complexity index is 1290. The minimum absolute atomic E-state index is 0.0550. The predicted octanol–water partition coefficient (Wildman–Crippen LogP) is 2.07. The van der Waals surface area contributed by atoms with Crippen molar-refractivity contribution < 1.29 is 42.8 Å². The smallest absolute Gasteiger partial charge is 0.359 e. The average molecular weight is 539 g/mol. The predicted molar refractivity (Wildman–Crippen MR) is 121 cm³/mol. The Morgan fingerprint density at radius 3 is 2.49 bits per heavy atom. The van der Waals surface area contributed by atoms with E-state index in [0.717, 1.165) is 6.20 Å². The van der Waals surface area contributed by atoms with Crippen LogP contribution in [0.1, 0.15) is 58.6 Å². The van der Waals surface area contributed by atoms with Crippen LogP contribution in [0, 0.1) is 16.4 Å². The van der Waals surface area contributed by atoms with Crippen LogP contribution in [-0.4, -0.2) is 63.8 Å². The fraction of sp³-hybridized carbons (Fsp3) is 0.650. The second-order valence-electron chi connectivity index (χ2n) is 9.02. The first-order valence-electron chi connectivity index (χ1n) is 10.9. The maximum absolute atomic E-state index is 14.3. The number of aromatic amines is 1. The topological polar surface area (TPSA) is 167 Å². The lowest BCUT2D eigenvalue weighted by Crippen LogP contribution is -2.40. The van der Waals surface area contributed by atoms with E-state index in [4.69, 9.17) is 21.5 Å². The zero-order valence-electron chi connectivity index (χ0n) is 19.4. The molecule has 1 aliphatic heterocycles. The van der Waals surface area contributed by atoms with Gasteiger partial charge in [0.15, 0.2) is 5.34 Å². The van der Waals surface area contributed by atoms with Gasteiger partial charge in [0.05, 0.1) is 11.7 Å². The van der Waals surface area contributed by atoms with Crippen LogP contribution >= 0.6 is 19.8 Å². The van der Waals surface area contributed by atoms with E-state index in [0.29, 0.717) is 4.40 Å². The van der Waals surface area contributed by atoms with Crippen LogP contribution in [0.2, 0.25) is 0 Å². The van der Waals surface area contributed by atoms with E-state index in [2.05, 4.69) is 4.98 Å². The van der Waals surface area contributed by atoms with E-state index in [9.17, 15) is 38.4 Å². The van der Waals surface area contributed by atoms with Crippen molar-refractivity contribution in [3.63, 3.8) is 0 Å². The third-order valence-electron chi connectivity index (χ3n) is 6.44. The number of hydrogen-bond donors (Lipinski definition) is 5. The molecule has 0 radical (unpaired) electrons. The van der Waals surface area contributed by atoms with Crippen molar-refractivity contribution in [1.29, 1.82) is 0 Å². The SMILES string of the molecule is CCC(C)(C[C@H]1O[C@@H](c2cn3c(F)c(F)c(=O)[nH]c3nc2=S)[C@@H](O)C1O)OP(=O)(O)C(C)(O)CC. The number of aliphatic hydroxyl groups is 3. The molecule has 0 aliphatic carbocycles. The molecule has 11 nitrogen and oxygen atoms in total. The van der Waals surface area contributed by atoms with Crippen molar-refractivity contribution in [2.75, 3.05) is 0 Å². The van der Waals surface area contributed by atoms with E-state index in [1.807, 2.05) is 4.98 Å². The van der Waals surface area contributed by atoms with E-state index < -0.39 is 60.3 Å². The molecule has 0 amide bonds. The highest BCUT2D eigenvalue weighted by Gasteiger charge is 2.50.